The molecule has 0 saturated heterocycles. The first-order valence-corrected chi connectivity index (χ1v) is 5.38. The molecular formula is C13H11ClO2. The lowest BCUT2D eigenvalue weighted by Gasteiger charge is -2.16. The summed E-state index contributed by atoms with van der Waals surface area (Å²) in [5.41, 5.74) is 3.22. The fourth-order valence-corrected chi connectivity index (χ4v) is 1.97. The number of halogens is 1. The predicted molar refractivity (Wildman–Crippen MR) is 63.1 cm³/mol. The van der Waals surface area contributed by atoms with Crippen molar-refractivity contribution in [1.82, 2.24) is 0 Å². The van der Waals surface area contributed by atoms with Gasteiger partial charge in [0.25, 0.3) is 0 Å². The van der Waals surface area contributed by atoms with Gasteiger partial charge in [0.2, 0.25) is 5.78 Å². The van der Waals surface area contributed by atoms with Crippen LogP contribution in [0.1, 0.15) is 38.8 Å². The molecule has 1 aliphatic rings. The van der Waals surface area contributed by atoms with E-state index in [1.54, 1.807) is 19.1 Å². The molecule has 0 aliphatic heterocycles. The maximum atomic E-state index is 11.9. The number of aryl methyl sites for hydroxylation is 2. The molecule has 0 bridgehead atoms. The van der Waals surface area contributed by atoms with Gasteiger partial charge >= 0.3 is 0 Å². The third-order valence-electron chi connectivity index (χ3n) is 2.99. The average Bonchev–Trinajstić information content (AvgIpc) is 2.26. The molecular weight excluding hydrogens is 224 g/mol. The van der Waals surface area contributed by atoms with E-state index in [0.29, 0.717) is 16.7 Å². The molecule has 0 unspecified atom stereocenters. The zero-order valence-electron chi connectivity index (χ0n) is 9.35. The van der Waals surface area contributed by atoms with Crippen LogP contribution in [0.3, 0.4) is 0 Å². The molecule has 0 N–H and O–H groups in total. The van der Waals surface area contributed by atoms with E-state index in [0.717, 1.165) is 11.1 Å². The number of ketones is 2. The monoisotopic (exact) mass is 234 g/mol. The number of allylic oxidation sites excluding steroid dienone is 2. The van der Waals surface area contributed by atoms with Crippen LogP contribution in [0.2, 0.25) is 0 Å². The average molecular weight is 235 g/mol. The van der Waals surface area contributed by atoms with Gasteiger partial charge in [0, 0.05) is 16.7 Å². The van der Waals surface area contributed by atoms with E-state index < -0.39 is 0 Å². The Hall–Kier alpha value is -1.41. The van der Waals surface area contributed by atoms with Crippen molar-refractivity contribution in [3.05, 3.63) is 45.0 Å². The van der Waals surface area contributed by atoms with Crippen molar-refractivity contribution in [3.8, 4) is 0 Å². The minimum Gasteiger partial charge on any atom is -0.289 e. The maximum absolute atomic E-state index is 11.9. The molecule has 2 rings (SSSR count). The topological polar surface area (TPSA) is 34.1 Å². The first kappa shape index (κ1) is 11.1. The molecule has 0 heterocycles. The predicted octanol–water partition coefficient (Wildman–Crippen LogP) is 3.20. The second-order valence-corrected chi connectivity index (χ2v) is 4.46. The zero-order chi connectivity index (χ0) is 12.0. The molecule has 0 amide bonds. The van der Waals surface area contributed by atoms with Gasteiger partial charge in [-0.25, -0.2) is 0 Å². The normalized spacial score (nSPS) is 15.5. The summed E-state index contributed by atoms with van der Waals surface area (Å²) in [4.78, 5) is 23.8. The summed E-state index contributed by atoms with van der Waals surface area (Å²) in [6, 6.07) is 3.50. The second-order valence-electron chi connectivity index (χ2n) is 4.08. The molecule has 2 nitrogen and oxygen atoms in total. The van der Waals surface area contributed by atoms with Crippen molar-refractivity contribution in [1.29, 1.82) is 0 Å². The second kappa shape index (κ2) is 3.56. The van der Waals surface area contributed by atoms with Gasteiger partial charge in [0.15, 0.2) is 5.78 Å². The first-order chi connectivity index (χ1) is 7.43. The summed E-state index contributed by atoms with van der Waals surface area (Å²) in [6.07, 6.45) is 0. The van der Waals surface area contributed by atoms with Gasteiger partial charge in [-0.2, -0.15) is 0 Å². The Morgan fingerprint density at radius 1 is 0.875 bits per heavy atom. The van der Waals surface area contributed by atoms with E-state index in [4.69, 9.17) is 11.6 Å². The van der Waals surface area contributed by atoms with Crippen molar-refractivity contribution in [2.45, 2.75) is 20.8 Å². The third-order valence-corrected chi connectivity index (χ3v) is 3.45. The minimum atomic E-state index is -0.253. The molecule has 82 valence electrons. The molecule has 1 aliphatic carbocycles. The first-order valence-electron chi connectivity index (χ1n) is 5.00. The van der Waals surface area contributed by atoms with Crippen LogP contribution < -0.4 is 0 Å². The summed E-state index contributed by atoms with van der Waals surface area (Å²) in [6.45, 7) is 5.41. The fraction of sp³-hybridized carbons (Fsp3) is 0.231. The van der Waals surface area contributed by atoms with Crippen molar-refractivity contribution < 1.29 is 9.59 Å². The van der Waals surface area contributed by atoms with Crippen molar-refractivity contribution in [2.24, 2.45) is 0 Å². The number of hydrogen-bond donors (Lipinski definition) is 0. The largest absolute Gasteiger partial charge is 0.289 e. The molecule has 0 spiro atoms. The quantitative estimate of drug-likeness (QED) is 0.691. The lowest BCUT2D eigenvalue weighted by atomic mass is 9.87. The van der Waals surface area contributed by atoms with Crippen LogP contribution in [0.5, 0.6) is 0 Å². The standard InChI is InChI=1S/C13H11ClO2/c1-6-4-9-10(5-7(6)2)13(16)11(14)8(3)12(9)15/h4-5H,1-3H3. The fourth-order valence-electron chi connectivity index (χ4n) is 1.78. The minimum absolute atomic E-state index is 0.0424. The molecule has 1 aromatic rings. The van der Waals surface area contributed by atoms with E-state index in [2.05, 4.69) is 0 Å². The number of hydrogen-bond acceptors (Lipinski definition) is 2. The Morgan fingerprint density at radius 3 is 1.81 bits per heavy atom. The van der Waals surface area contributed by atoms with Crippen molar-refractivity contribution in [2.75, 3.05) is 0 Å². The van der Waals surface area contributed by atoms with Crippen LogP contribution in [0, 0.1) is 13.8 Å². The van der Waals surface area contributed by atoms with Crippen LogP contribution >= 0.6 is 11.6 Å². The SMILES string of the molecule is CC1=C(Cl)C(=O)c2cc(C)c(C)cc2C1=O. The van der Waals surface area contributed by atoms with Crippen LogP contribution in [0.4, 0.5) is 0 Å². The number of benzene rings is 1. The Kier molecular flexibility index (Phi) is 2.47. The molecule has 16 heavy (non-hydrogen) atoms. The third kappa shape index (κ3) is 1.41. The highest BCUT2D eigenvalue weighted by molar-refractivity contribution is 6.49. The van der Waals surface area contributed by atoms with Gasteiger partial charge < -0.3 is 0 Å². The van der Waals surface area contributed by atoms with Gasteiger partial charge in [-0.3, -0.25) is 9.59 Å². The van der Waals surface area contributed by atoms with Gasteiger partial charge in [0.05, 0.1) is 5.03 Å². The van der Waals surface area contributed by atoms with Crippen LogP contribution in [0.15, 0.2) is 22.7 Å². The molecule has 0 saturated carbocycles. The Labute approximate surface area is 98.9 Å². The number of Topliss-reactive ketones (excluding diaryl/α,β-unsaturated/α-hetero) is 2. The maximum Gasteiger partial charge on any atom is 0.205 e. The lowest BCUT2D eigenvalue weighted by molar-refractivity contribution is 0.0981. The van der Waals surface area contributed by atoms with E-state index in [1.807, 2.05) is 13.8 Å². The van der Waals surface area contributed by atoms with Gasteiger partial charge in [-0.1, -0.05) is 11.6 Å². The molecule has 1 aromatic carbocycles. The number of rotatable bonds is 0. The lowest BCUT2D eigenvalue weighted by Crippen LogP contribution is -2.19. The highest BCUT2D eigenvalue weighted by Crippen LogP contribution is 2.29. The summed E-state index contributed by atoms with van der Waals surface area (Å²) < 4.78 is 0. The smallest absolute Gasteiger partial charge is 0.205 e. The highest BCUT2D eigenvalue weighted by Gasteiger charge is 2.29. The van der Waals surface area contributed by atoms with E-state index >= 15 is 0 Å². The van der Waals surface area contributed by atoms with Crippen LogP contribution in [-0.4, -0.2) is 11.6 Å². The number of carbonyl (C=O) groups is 2. The summed E-state index contributed by atoms with van der Waals surface area (Å²) in [7, 11) is 0. The highest BCUT2D eigenvalue weighted by atomic mass is 35.5. The van der Waals surface area contributed by atoms with Gasteiger partial charge in [0.1, 0.15) is 0 Å². The summed E-state index contributed by atoms with van der Waals surface area (Å²) in [5, 5.41) is 0.0424. The van der Waals surface area contributed by atoms with E-state index in [1.165, 1.54) is 0 Å². The molecule has 0 aromatic heterocycles. The summed E-state index contributed by atoms with van der Waals surface area (Å²) >= 11 is 5.84. The molecule has 0 radical (unpaired) electrons. The Balaban J connectivity index is 2.76. The van der Waals surface area contributed by atoms with E-state index in [9.17, 15) is 9.59 Å². The number of carbonyl (C=O) groups excluding carboxylic acids is 2. The van der Waals surface area contributed by atoms with Crippen molar-refractivity contribution >= 4 is 23.2 Å². The molecule has 0 atom stereocenters. The van der Waals surface area contributed by atoms with Gasteiger partial charge in [-0.15, -0.1) is 0 Å². The molecule has 0 fully saturated rings. The van der Waals surface area contributed by atoms with Crippen LogP contribution in [0.25, 0.3) is 0 Å². The number of fused-ring (bicyclic) bond motifs is 1. The van der Waals surface area contributed by atoms with Crippen LogP contribution in [-0.2, 0) is 0 Å². The zero-order valence-corrected chi connectivity index (χ0v) is 10.1. The van der Waals surface area contributed by atoms with E-state index in [-0.39, 0.29) is 16.6 Å². The van der Waals surface area contributed by atoms with Crippen molar-refractivity contribution in [3.63, 3.8) is 0 Å². The molecule has 3 heteroatoms. The Morgan fingerprint density at radius 2 is 1.31 bits per heavy atom. The summed E-state index contributed by atoms with van der Waals surface area (Å²) in [5.74, 6) is -0.403. The Bertz CT molecular complexity index is 504. The van der Waals surface area contributed by atoms with Gasteiger partial charge in [-0.05, 0) is 44.0 Å².